The van der Waals surface area contributed by atoms with Crippen LogP contribution in [0.2, 0.25) is 0 Å². The number of carbonyl (C=O) groups excluding carboxylic acids is 4. The van der Waals surface area contributed by atoms with Gasteiger partial charge in [-0.25, -0.2) is 4.79 Å². The molecule has 0 aromatic heterocycles. The average molecular weight is 728 g/mol. The molecule has 0 bridgehead atoms. The number of aliphatic hydroxyl groups is 2. The third-order valence-electron chi connectivity index (χ3n) is 6.82. The number of ketones is 2. The van der Waals surface area contributed by atoms with Crippen LogP contribution in [-0.4, -0.2) is 75.6 Å². The summed E-state index contributed by atoms with van der Waals surface area (Å²) in [6.45, 7) is 2.34. The molecule has 4 N–H and O–H groups in total. The van der Waals surface area contributed by atoms with Gasteiger partial charge in [-0.05, 0) is 69.6 Å². The molecule has 0 aliphatic carbocycles. The fourth-order valence-corrected chi connectivity index (χ4v) is 6.26. The summed E-state index contributed by atoms with van der Waals surface area (Å²) >= 11 is 0. The van der Waals surface area contributed by atoms with Crippen LogP contribution in [0.3, 0.4) is 0 Å². The maximum atomic E-state index is 12.7. The van der Waals surface area contributed by atoms with Gasteiger partial charge in [0.2, 0.25) is 5.91 Å². The van der Waals surface area contributed by atoms with E-state index in [9.17, 15) is 34.5 Å². The quantitative estimate of drug-likeness (QED) is 0.0247. The largest absolute Gasteiger partial charge is 0.507 e. The van der Waals surface area contributed by atoms with Crippen LogP contribution in [0.5, 0.6) is 5.75 Å². The first-order valence-corrected chi connectivity index (χ1v) is 19.4. The van der Waals surface area contributed by atoms with Gasteiger partial charge in [-0.1, -0.05) is 107 Å². The van der Waals surface area contributed by atoms with Gasteiger partial charge in [0.15, 0.2) is 5.78 Å². The minimum atomic E-state index is -1.11. The Morgan fingerprint density at radius 3 is 1.86 bits per heavy atom. The molecule has 0 saturated carbocycles. The number of aromatic hydroxyl groups is 1. The summed E-state index contributed by atoms with van der Waals surface area (Å²) in [5.74, 6) is -1.51. The second-order valence-corrected chi connectivity index (χ2v) is 13.7. The van der Waals surface area contributed by atoms with Crippen molar-refractivity contribution in [1.29, 1.82) is 0 Å². The normalized spacial score (nSPS) is 12.8. The van der Waals surface area contributed by atoms with E-state index in [-0.39, 0.29) is 53.1 Å². The summed E-state index contributed by atoms with van der Waals surface area (Å²) in [4.78, 5) is 49.5. The van der Waals surface area contributed by atoms with E-state index in [0.717, 1.165) is 38.5 Å². The van der Waals surface area contributed by atoms with E-state index in [1.165, 1.54) is 40.6 Å². The van der Waals surface area contributed by atoms with Gasteiger partial charge in [0.05, 0.1) is 24.5 Å². The molecule has 0 saturated heterocycles. The molecular weight excluding hydrogens is 675 g/mol. The molecule has 0 heterocycles. The first-order chi connectivity index (χ1) is 24.2. The number of amides is 1. The van der Waals surface area contributed by atoms with Crippen molar-refractivity contribution in [2.45, 2.75) is 83.8 Å². The van der Waals surface area contributed by atoms with Gasteiger partial charge in [-0.3, -0.25) is 14.4 Å². The Balaban J connectivity index is 2.42. The Morgan fingerprint density at radius 1 is 0.800 bits per heavy atom. The van der Waals surface area contributed by atoms with E-state index in [4.69, 9.17) is 4.74 Å². The lowest BCUT2D eigenvalue weighted by Crippen LogP contribution is -2.45. The number of aliphatic hydroxyl groups excluding tert-OH is 2. The van der Waals surface area contributed by atoms with Crippen molar-refractivity contribution in [2.75, 3.05) is 24.7 Å². The van der Waals surface area contributed by atoms with Crippen LogP contribution in [0.25, 0.3) is 0 Å². The van der Waals surface area contributed by atoms with Gasteiger partial charge >= 0.3 is 5.97 Å². The maximum absolute atomic E-state index is 12.7. The van der Waals surface area contributed by atoms with E-state index in [1.54, 1.807) is 6.07 Å². The molecule has 1 atom stereocenters. The van der Waals surface area contributed by atoms with Crippen LogP contribution < -0.4 is 5.32 Å². The number of carbonyl (C=O) groups is 4. The van der Waals surface area contributed by atoms with Crippen LogP contribution in [0.4, 0.5) is 0 Å². The Morgan fingerprint density at radius 2 is 1.34 bits per heavy atom. The van der Waals surface area contributed by atoms with E-state index in [0.29, 0.717) is 12.0 Å². The third-order valence-corrected chi connectivity index (χ3v) is 9.16. The molecule has 0 fully saturated rings. The van der Waals surface area contributed by atoms with Crippen LogP contribution in [-0.2, 0) is 25.5 Å². The van der Waals surface area contributed by atoms with Crippen LogP contribution in [0, 0.1) is 0 Å². The maximum Gasteiger partial charge on any atom is 0.329 e. The summed E-state index contributed by atoms with van der Waals surface area (Å²) in [5.41, 5.74) is 0.752. The molecule has 1 aromatic rings. The number of phenolic OH excluding ortho intramolecular Hbond substituents is 1. The number of benzene rings is 1. The van der Waals surface area contributed by atoms with Gasteiger partial charge in [-0.15, -0.1) is 0 Å². The number of Topliss-reactive ketones (excluding diaryl/α,β-unsaturated/α-hetero) is 2. The minimum absolute atomic E-state index is 0.0691. The van der Waals surface area contributed by atoms with E-state index in [2.05, 4.69) is 73.0 Å². The fraction of sp³-hybridized carbons (Fsp3) is 0.436. The second-order valence-electron chi connectivity index (χ2n) is 11.2. The Hall–Kier alpha value is -3.64. The van der Waals surface area contributed by atoms with Crippen molar-refractivity contribution in [1.82, 2.24) is 5.32 Å². The molecule has 1 unspecified atom stereocenters. The van der Waals surface area contributed by atoms with E-state index in [1.807, 2.05) is 12.2 Å². The summed E-state index contributed by atoms with van der Waals surface area (Å²) in [5, 5.41) is 31.1. The highest BCUT2D eigenvalue weighted by Gasteiger charge is 2.25. The van der Waals surface area contributed by atoms with Crippen molar-refractivity contribution >= 4 is 45.0 Å². The number of hydrogen-bond donors (Lipinski definition) is 4. The first kappa shape index (κ1) is 44.4. The van der Waals surface area contributed by atoms with Crippen molar-refractivity contribution in [3.05, 3.63) is 102 Å². The van der Waals surface area contributed by atoms with Crippen LogP contribution in [0.1, 0.15) is 81.1 Å². The number of hydrogen-bond acceptors (Lipinski definition) is 10. The smallest absolute Gasteiger partial charge is 0.329 e. The predicted molar refractivity (Wildman–Crippen MR) is 205 cm³/mol. The molecule has 1 rings (SSSR count). The van der Waals surface area contributed by atoms with Crippen molar-refractivity contribution in [3.8, 4) is 5.75 Å². The molecule has 1 amide bonds. The topological polar surface area (TPSA) is 150 Å². The highest BCUT2D eigenvalue weighted by Crippen LogP contribution is 2.24. The number of nitrogens with one attached hydrogen (secondary N) is 1. The standard InChI is InChI=1S/C39H53NO8S2/c1-3-4-5-6-7-8-9-10-11-12-13-14-15-16-17-18-19-20-21-22-38(46)40-36(39(47)48-34(27-41)28-42)30-50-49-29-33(44)25-32-23-24-37(45)35(26-32)31(2)43/h4-5,7-8,10-11,13-14,16-17,19-20,23-24,26,34,36,41-42,45H,3,6,9,12,15,18,21-22,25,27-30H2,1-2H3,(H,40,46)/b5-4-,8-7-,11-10-,14-13-,17-16-,20-19-. The number of phenols is 1. The van der Waals surface area contributed by atoms with Crippen molar-refractivity contribution in [3.63, 3.8) is 0 Å². The van der Waals surface area contributed by atoms with Gasteiger partial charge in [-0.2, -0.15) is 0 Å². The molecule has 50 heavy (non-hydrogen) atoms. The molecule has 11 heteroatoms. The zero-order chi connectivity index (χ0) is 36.8. The van der Waals surface area contributed by atoms with Gasteiger partial charge < -0.3 is 25.4 Å². The highest BCUT2D eigenvalue weighted by molar-refractivity contribution is 8.76. The molecule has 1 aromatic carbocycles. The van der Waals surface area contributed by atoms with Gasteiger partial charge in [0.25, 0.3) is 0 Å². The van der Waals surface area contributed by atoms with Crippen LogP contribution >= 0.6 is 21.6 Å². The summed E-state index contributed by atoms with van der Waals surface area (Å²) < 4.78 is 5.13. The second kappa shape index (κ2) is 29.1. The number of ether oxygens (including phenoxy) is 1. The molecule has 0 aliphatic heterocycles. The van der Waals surface area contributed by atoms with Crippen LogP contribution in [0.15, 0.2) is 91.1 Å². The number of esters is 1. The SMILES string of the molecule is CC/C=C\C/C=C\C/C=C\C/C=C\C/C=C\C/C=C\CCC(=O)NC(CSSCC(=O)Cc1ccc(O)c(C(C)=O)c1)C(=O)OC(CO)CO. The zero-order valence-electron chi connectivity index (χ0n) is 29.2. The monoisotopic (exact) mass is 727 g/mol. The van der Waals surface area contributed by atoms with Crippen molar-refractivity contribution < 1.29 is 39.2 Å². The number of rotatable bonds is 27. The molecule has 0 spiro atoms. The summed E-state index contributed by atoms with van der Waals surface area (Å²) in [7, 11) is 2.41. The molecule has 274 valence electrons. The Bertz CT molecular complexity index is 1350. The average Bonchev–Trinajstić information content (AvgIpc) is 3.10. The molecular formula is C39H53NO8S2. The van der Waals surface area contributed by atoms with Crippen molar-refractivity contribution in [2.24, 2.45) is 0 Å². The first-order valence-electron chi connectivity index (χ1n) is 16.9. The summed E-state index contributed by atoms with van der Waals surface area (Å²) in [6, 6.07) is 3.41. The van der Waals surface area contributed by atoms with Gasteiger partial charge in [0, 0.05) is 18.6 Å². The lowest BCUT2D eigenvalue weighted by Gasteiger charge is -2.20. The predicted octanol–water partition coefficient (Wildman–Crippen LogP) is 6.95. The zero-order valence-corrected chi connectivity index (χ0v) is 30.8. The Labute approximate surface area is 305 Å². The highest BCUT2D eigenvalue weighted by atomic mass is 33.1. The molecule has 0 aliphatic rings. The molecule has 0 radical (unpaired) electrons. The lowest BCUT2D eigenvalue weighted by atomic mass is 10.0. The van der Waals surface area contributed by atoms with Gasteiger partial charge in [0.1, 0.15) is 23.7 Å². The fourth-order valence-electron chi connectivity index (χ4n) is 4.15. The lowest BCUT2D eigenvalue weighted by molar-refractivity contribution is -0.156. The Kier molecular flexibility index (Phi) is 25.9. The third kappa shape index (κ3) is 22.2. The minimum Gasteiger partial charge on any atom is -0.507 e. The van der Waals surface area contributed by atoms with E-state index < -0.39 is 31.3 Å². The number of allylic oxidation sites excluding steroid dienone is 12. The molecule has 9 nitrogen and oxygen atoms in total. The van der Waals surface area contributed by atoms with E-state index >= 15 is 0 Å². The summed E-state index contributed by atoms with van der Waals surface area (Å²) in [6.07, 6.45) is 30.4.